The van der Waals surface area contributed by atoms with Gasteiger partial charge in [0.15, 0.2) is 0 Å². The smallest absolute Gasteiger partial charge is 0.239 e. The number of carbonyl (C=O) groups is 2. The lowest BCUT2D eigenvalue weighted by Gasteiger charge is -2.25. The van der Waals surface area contributed by atoms with Crippen molar-refractivity contribution >= 4 is 33.6 Å². The molecule has 2 aromatic heterocycles. The van der Waals surface area contributed by atoms with Crippen LogP contribution in [0.3, 0.4) is 0 Å². The number of fused-ring (bicyclic) bond motifs is 2. The maximum atomic E-state index is 13.2. The van der Waals surface area contributed by atoms with Gasteiger partial charge in [-0.25, -0.2) is 0 Å². The molecule has 8 heteroatoms. The molecule has 4 rings (SSSR count). The molecule has 0 unspecified atom stereocenters. The number of aromatic amines is 2. The molecule has 8 nitrogen and oxygen atoms in total. The Morgan fingerprint density at radius 3 is 2.14 bits per heavy atom. The number of nitrogens with two attached hydrogens (primary N) is 2. The molecule has 2 heterocycles. The van der Waals surface area contributed by atoms with Crippen molar-refractivity contribution in [1.82, 2.24) is 20.2 Å². The number of amides is 2. The van der Waals surface area contributed by atoms with Gasteiger partial charge in [0.25, 0.3) is 0 Å². The van der Waals surface area contributed by atoms with E-state index in [1.165, 1.54) is 0 Å². The molecule has 0 fully saturated rings. The fraction of sp³-hybridized carbons (Fsp3) is 0.357. The number of hydrogen-bond donors (Lipinski definition) is 5. The first kappa shape index (κ1) is 25.5. The second kappa shape index (κ2) is 12.4. The van der Waals surface area contributed by atoms with Crippen LogP contribution in [0.2, 0.25) is 0 Å². The fourth-order valence-corrected chi connectivity index (χ4v) is 4.63. The lowest BCUT2D eigenvalue weighted by molar-refractivity contribution is -0.137. The first-order chi connectivity index (χ1) is 17.6. The van der Waals surface area contributed by atoms with E-state index in [1.807, 2.05) is 48.8 Å². The van der Waals surface area contributed by atoms with Crippen LogP contribution in [0.4, 0.5) is 0 Å². The maximum absolute atomic E-state index is 13.2. The van der Waals surface area contributed by atoms with Gasteiger partial charge in [-0.3, -0.25) is 9.59 Å². The van der Waals surface area contributed by atoms with Crippen molar-refractivity contribution in [2.45, 2.75) is 38.1 Å². The minimum Gasteiger partial charge on any atom is -0.361 e. The number of nitrogens with one attached hydrogen (secondary N) is 3. The molecule has 0 aliphatic heterocycles. The Bertz CT molecular complexity index is 1290. The zero-order valence-corrected chi connectivity index (χ0v) is 20.6. The van der Waals surface area contributed by atoms with E-state index >= 15 is 0 Å². The summed E-state index contributed by atoms with van der Waals surface area (Å²) in [6.45, 7) is 1.47. The van der Waals surface area contributed by atoms with Gasteiger partial charge in [-0.1, -0.05) is 42.8 Å². The van der Waals surface area contributed by atoms with Crippen molar-refractivity contribution < 1.29 is 9.59 Å². The predicted octanol–water partition coefficient (Wildman–Crippen LogP) is 2.84. The molecule has 36 heavy (non-hydrogen) atoms. The molecule has 0 aliphatic carbocycles. The van der Waals surface area contributed by atoms with Crippen molar-refractivity contribution in [2.24, 2.45) is 11.5 Å². The minimum atomic E-state index is -0.640. The van der Waals surface area contributed by atoms with E-state index in [0.29, 0.717) is 38.9 Å². The van der Waals surface area contributed by atoms with Crippen LogP contribution in [0.15, 0.2) is 60.9 Å². The number of hydrogen-bond acceptors (Lipinski definition) is 4. The summed E-state index contributed by atoms with van der Waals surface area (Å²) in [5.74, 6) is -0.380. The monoisotopic (exact) mass is 488 g/mol. The van der Waals surface area contributed by atoms with Crippen molar-refractivity contribution in [2.75, 3.05) is 26.2 Å². The third-order valence-corrected chi connectivity index (χ3v) is 6.65. The highest BCUT2D eigenvalue weighted by atomic mass is 16.2. The van der Waals surface area contributed by atoms with Crippen LogP contribution in [0.1, 0.15) is 30.4 Å². The molecule has 1 atom stereocenters. The topological polar surface area (TPSA) is 133 Å². The number of benzene rings is 2. The SMILES string of the molecule is NCCCC[C@H](N)C(=O)N(CCc1c[nH]c2ccccc12)CC(=O)NCCc1c[nH]c2ccccc12. The first-order valence-electron chi connectivity index (χ1n) is 12.7. The Morgan fingerprint density at radius 1 is 0.889 bits per heavy atom. The largest absolute Gasteiger partial charge is 0.361 e. The van der Waals surface area contributed by atoms with E-state index in [1.54, 1.807) is 4.90 Å². The lowest BCUT2D eigenvalue weighted by Crippen LogP contribution is -2.48. The molecule has 0 saturated heterocycles. The van der Waals surface area contributed by atoms with Crippen LogP contribution in [0.25, 0.3) is 21.8 Å². The van der Waals surface area contributed by atoms with Gasteiger partial charge in [0.05, 0.1) is 12.6 Å². The summed E-state index contributed by atoms with van der Waals surface area (Å²) in [6.07, 6.45) is 7.46. The minimum absolute atomic E-state index is 0.0142. The van der Waals surface area contributed by atoms with Gasteiger partial charge in [0, 0.05) is 47.3 Å². The van der Waals surface area contributed by atoms with Crippen LogP contribution >= 0.6 is 0 Å². The van der Waals surface area contributed by atoms with Crippen molar-refractivity contribution in [1.29, 1.82) is 0 Å². The number of H-pyrrole nitrogens is 2. The second-order valence-corrected chi connectivity index (χ2v) is 9.22. The molecule has 0 radical (unpaired) electrons. The summed E-state index contributed by atoms with van der Waals surface area (Å²) in [6, 6.07) is 15.5. The average molecular weight is 489 g/mol. The van der Waals surface area contributed by atoms with Crippen LogP contribution in [0, 0.1) is 0 Å². The molecule has 7 N–H and O–H groups in total. The normalized spacial score (nSPS) is 12.2. The number of nitrogens with zero attached hydrogens (tertiary/aromatic N) is 1. The van der Waals surface area contributed by atoms with Gasteiger partial charge in [-0.15, -0.1) is 0 Å². The van der Waals surface area contributed by atoms with Crippen LogP contribution in [-0.2, 0) is 22.4 Å². The van der Waals surface area contributed by atoms with Gasteiger partial charge in [0.1, 0.15) is 0 Å². The summed E-state index contributed by atoms with van der Waals surface area (Å²) in [5, 5.41) is 5.26. The summed E-state index contributed by atoms with van der Waals surface area (Å²) in [7, 11) is 0. The molecule has 0 aliphatic rings. The van der Waals surface area contributed by atoms with E-state index < -0.39 is 6.04 Å². The van der Waals surface area contributed by atoms with Crippen molar-refractivity contribution in [3.8, 4) is 0 Å². The van der Waals surface area contributed by atoms with E-state index in [9.17, 15) is 9.59 Å². The summed E-state index contributed by atoms with van der Waals surface area (Å²) in [4.78, 5) is 34.1. The molecule has 4 aromatic rings. The van der Waals surface area contributed by atoms with Gasteiger partial charge in [-0.05, 0) is 55.5 Å². The van der Waals surface area contributed by atoms with E-state index in [-0.39, 0.29) is 18.4 Å². The summed E-state index contributed by atoms with van der Waals surface area (Å²) < 4.78 is 0. The highest BCUT2D eigenvalue weighted by Crippen LogP contribution is 2.19. The Hall–Kier alpha value is -3.62. The van der Waals surface area contributed by atoms with Crippen LogP contribution in [-0.4, -0.2) is 58.9 Å². The number of carbonyl (C=O) groups excluding carboxylic acids is 2. The lowest BCUT2D eigenvalue weighted by atomic mass is 10.1. The Kier molecular flexibility index (Phi) is 8.76. The second-order valence-electron chi connectivity index (χ2n) is 9.22. The molecule has 0 spiro atoms. The maximum Gasteiger partial charge on any atom is 0.239 e. The molecule has 0 bridgehead atoms. The van der Waals surface area contributed by atoms with Crippen LogP contribution in [0.5, 0.6) is 0 Å². The quantitative estimate of drug-likeness (QED) is 0.185. The van der Waals surface area contributed by atoms with Gasteiger partial charge in [0.2, 0.25) is 11.8 Å². The fourth-order valence-electron chi connectivity index (χ4n) is 4.63. The van der Waals surface area contributed by atoms with Gasteiger partial charge < -0.3 is 31.7 Å². The van der Waals surface area contributed by atoms with Gasteiger partial charge >= 0.3 is 0 Å². The number of unbranched alkanes of at least 4 members (excludes halogenated alkanes) is 1. The standard InChI is InChI=1S/C28H36N6O2/c29-14-6-5-9-24(30)28(36)34(16-13-21-18-33-26-11-4-2-8-23(21)26)19-27(35)31-15-12-20-17-32-25-10-3-1-7-22(20)25/h1-4,7-8,10-11,17-18,24,32-33H,5-6,9,12-16,19,29-30H2,(H,31,35)/t24-/m0/s1. The van der Waals surface area contributed by atoms with E-state index in [2.05, 4.69) is 27.4 Å². The molecular formula is C28H36N6O2. The third-order valence-electron chi connectivity index (χ3n) is 6.65. The number of para-hydroxylation sites is 2. The molecule has 2 amide bonds. The Labute approximate surface area is 211 Å². The zero-order chi connectivity index (χ0) is 25.3. The van der Waals surface area contributed by atoms with Crippen molar-refractivity contribution in [3.63, 3.8) is 0 Å². The number of rotatable bonds is 13. The highest BCUT2D eigenvalue weighted by molar-refractivity contribution is 5.88. The van der Waals surface area contributed by atoms with E-state index in [4.69, 9.17) is 11.5 Å². The Morgan fingerprint density at radius 2 is 1.50 bits per heavy atom. The summed E-state index contributed by atoms with van der Waals surface area (Å²) in [5.41, 5.74) is 16.2. The van der Waals surface area contributed by atoms with E-state index in [0.717, 1.165) is 45.8 Å². The molecule has 2 aromatic carbocycles. The van der Waals surface area contributed by atoms with Crippen molar-refractivity contribution in [3.05, 3.63) is 72.1 Å². The molecular weight excluding hydrogens is 452 g/mol. The van der Waals surface area contributed by atoms with Gasteiger partial charge in [-0.2, -0.15) is 0 Å². The first-order valence-corrected chi connectivity index (χ1v) is 12.7. The predicted molar refractivity (Wildman–Crippen MR) is 144 cm³/mol. The molecule has 190 valence electrons. The third kappa shape index (κ3) is 6.33. The van der Waals surface area contributed by atoms with Crippen LogP contribution < -0.4 is 16.8 Å². The average Bonchev–Trinajstić information content (AvgIpc) is 3.50. The Balaban J connectivity index is 1.36. The summed E-state index contributed by atoms with van der Waals surface area (Å²) >= 11 is 0. The highest BCUT2D eigenvalue weighted by Gasteiger charge is 2.23. The molecule has 0 saturated carbocycles. The number of aromatic nitrogens is 2. The zero-order valence-electron chi connectivity index (χ0n) is 20.6.